The van der Waals surface area contributed by atoms with Gasteiger partial charge in [0.25, 0.3) is 0 Å². The zero-order valence-corrected chi connectivity index (χ0v) is 19.6. The maximum Gasteiger partial charge on any atom is 0.311 e. The van der Waals surface area contributed by atoms with E-state index in [1.54, 1.807) is 6.07 Å². The minimum absolute atomic E-state index is 0.243. The normalized spacial score (nSPS) is 24.0. The van der Waals surface area contributed by atoms with Crippen molar-refractivity contribution in [3.05, 3.63) is 86.7 Å². The van der Waals surface area contributed by atoms with Gasteiger partial charge in [-0.25, -0.2) is 0 Å². The summed E-state index contributed by atoms with van der Waals surface area (Å²) < 4.78 is 12.1. The highest BCUT2D eigenvalue weighted by Gasteiger charge is 2.66. The number of hydrogen-bond donors (Lipinski definition) is 1. The summed E-state index contributed by atoms with van der Waals surface area (Å²) in [6.45, 7) is 0.260. The van der Waals surface area contributed by atoms with Crippen molar-refractivity contribution in [3.8, 4) is 11.3 Å². The molecule has 7 nitrogen and oxygen atoms in total. The Morgan fingerprint density at radius 1 is 1.15 bits per heavy atom. The first-order chi connectivity index (χ1) is 15.9. The summed E-state index contributed by atoms with van der Waals surface area (Å²) in [5.74, 6) is -0.894. The van der Waals surface area contributed by atoms with E-state index in [9.17, 15) is 14.4 Å². The molecule has 8 heteroatoms. The Hall–Kier alpha value is -3.23. The van der Waals surface area contributed by atoms with E-state index in [2.05, 4.69) is 21.2 Å². The number of benzene rings is 2. The Labute approximate surface area is 198 Å². The topological polar surface area (TPSA) is 88.8 Å². The molecule has 5 rings (SSSR count). The lowest BCUT2D eigenvalue weighted by molar-refractivity contribution is -0.149. The van der Waals surface area contributed by atoms with E-state index < -0.39 is 23.3 Å². The van der Waals surface area contributed by atoms with Crippen molar-refractivity contribution in [2.45, 2.75) is 11.5 Å². The van der Waals surface area contributed by atoms with Crippen molar-refractivity contribution in [2.75, 3.05) is 26.0 Å². The zero-order valence-electron chi connectivity index (χ0n) is 18.0. The van der Waals surface area contributed by atoms with E-state index in [1.807, 2.05) is 54.4 Å². The van der Waals surface area contributed by atoms with Crippen molar-refractivity contribution in [3.63, 3.8) is 0 Å². The largest absolute Gasteiger partial charge is 0.469 e. The summed E-state index contributed by atoms with van der Waals surface area (Å²) >= 11 is 3.49. The van der Waals surface area contributed by atoms with Crippen molar-refractivity contribution in [2.24, 2.45) is 5.92 Å². The molecule has 0 bridgehead atoms. The molecule has 0 radical (unpaired) electrons. The third-order valence-corrected chi connectivity index (χ3v) is 7.04. The van der Waals surface area contributed by atoms with E-state index in [1.165, 1.54) is 19.2 Å². The molecule has 3 heterocycles. The van der Waals surface area contributed by atoms with Crippen molar-refractivity contribution < 1.29 is 18.7 Å². The minimum Gasteiger partial charge on any atom is -0.469 e. The summed E-state index contributed by atoms with van der Waals surface area (Å²) in [6.07, 6.45) is 0. The number of carbonyl (C=O) groups is 2. The van der Waals surface area contributed by atoms with Crippen LogP contribution in [0.3, 0.4) is 0 Å². The van der Waals surface area contributed by atoms with Gasteiger partial charge in [-0.2, -0.15) is 0 Å². The molecule has 1 N–H and O–H groups in total. The molecular formula is C25H21BrN2O5. The SMILES string of the molecule is COC(=O)[C@@H]1CN(C)[C@H](c2cc(=O)cc(-c3ccccc3)o2)[C@@]12C(=O)Nc1ccc(Br)cc12. The molecule has 1 spiro atoms. The van der Waals surface area contributed by atoms with Gasteiger partial charge in [0.05, 0.1) is 19.1 Å². The number of fused-ring (bicyclic) bond motifs is 2. The monoisotopic (exact) mass is 508 g/mol. The summed E-state index contributed by atoms with van der Waals surface area (Å²) in [5.41, 5.74) is 0.465. The van der Waals surface area contributed by atoms with Crippen LogP contribution in [0.4, 0.5) is 5.69 Å². The molecule has 0 aliphatic carbocycles. The number of nitrogens with one attached hydrogen (secondary N) is 1. The first kappa shape index (κ1) is 21.6. The first-order valence-electron chi connectivity index (χ1n) is 10.5. The second-order valence-corrected chi connectivity index (χ2v) is 9.27. The maximum atomic E-state index is 13.7. The molecule has 1 saturated heterocycles. The number of ether oxygens (including phenoxy) is 1. The molecule has 3 aromatic rings. The molecule has 2 aliphatic heterocycles. The van der Waals surface area contributed by atoms with Gasteiger partial charge in [0.2, 0.25) is 5.91 Å². The van der Waals surface area contributed by atoms with Crippen LogP contribution < -0.4 is 10.7 Å². The smallest absolute Gasteiger partial charge is 0.311 e. The number of likely N-dealkylation sites (N-methyl/N-ethyl adjacent to an activating group) is 1. The van der Waals surface area contributed by atoms with Gasteiger partial charge in [0, 0.05) is 34.4 Å². The van der Waals surface area contributed by atoms with E-state index >= 15 is 0 Å². The van der Waals surface area contributed by atoms with Gasteiger partial charge in [0.15, 0.2) is 5.43 Å². The lowest BCUT2D eigenvalue weighted by atomic mass is 9.68. The van der Waals surface area contributed by atoms with Crippen LogP contribution in [0.1, 0.15) is 17.4 Å². The Balaban J connectivity index is 1.77. The minimum atomic E-state index is -1.33. The number of rotatable bonds is 3. The van der Waals surface area contributed by atoms with Crippen LogP contribution in [0.25, 0.3) is 11.3 Å². The van der Waals surface area contributed by atoms with Gasteiger partial charge < -0.3 is 14.5 Å². The predicted octanol–water partition coefficient (Wildman–Crippen LogP) is 3.74. The van der Waals surface area contributed by atoms with Crippen molar-refractivity contribution in [1.29, 1.82) is 0 Å². The molecule has 0 saturated carbocycles. The Kier molecular flexibility index (Phi) is 5.22. The van der Waals surface area contributed by atoms with Crippen LogP contribution in [-0.4, -0.2) is 37.5 Å². The van der Waals surface area contributed by atoms with E-state index in [0.717, 1.165) is 10.0 Å². The van der Waals surface area contributed by atoms with Crippen LogP contribution >= 0.6 is 15.9 Å². The number of nitrogens with zero attached hydrogens (tertiary/aromatic N) is 1. The number of esters is 1. The van der Waals surface area contributed by atoms with Crippen LogP contribution in [0.15, 0.2) is 74.3 Å². The highest BCUT2D eigenvalue weighted by molar-refractivity contribution is 9.10. The fraction of sp³-hybridized carbons (Fsp3) is 0.240. The Morgan fingerprint density at radius 3 is 2.64 bits per heavy atom. The second kappa shape index (κ2) is 7.97. The average Bonchev–Trinajstić information content (AvgIpc) is 3.27. The molecule has 2 aromatic carbocycles. The molecule has 1 fully saturated rings. The number of amides is 1. The van der Waals surface area contributed by atoms with E-state index in [-0.39, 0.29) is 17.9 Å². The summed E-state index contributed by atoms with van der Waals surface area (Å²) in [6, 6.07) is 16.9. The summed E-state index contributed by atoms with van der Waals surface area (Å²) in [4.78, 5) is 41.3. The highest BCUT2D eigenvalue weighted by Crippen LogP contribution is 2.57. The first-order valence-corrected chi connectivity index (χ1v) is 11.3. The van der Waals surface area contributed by atoms with E-state index in [0.29, 0.717) is 22.8 Å². The molecule has 1 amide bonds. The van der Waals surface area contributed by atoms with Crippen molar-refractivity contribution in [1.82, 2.24) is 4.90 Å². The standard InChI is InChI=1S/C25H21BrN2O5/c1-28-13-18(23(30)32-2)25(17-10-15(26)8-9-19(17)27-24(25)31)22(28)21-12-16(29)11-20(33-21)14-6-4-3-5-7-14/h3-12,18,22H,13H2,1-2H3,(H,27,31)/t18-,22+,25-/m0/s1. The lowest BCUT2D eigenvalue weighted by Gasteiger charge is -2.34. The number of hydrogen-bond acceptors (Lipinski definition) is 6. The molecule has 2 aliphatic rings. The lowest BCUT2D eigenvalue weighted by Crippen LogP contribution is -2.47. The predicted molar refractivity (Wildman–Crippen MR) is 126 cm³/mol. The maximum absolute atomic E-state index is 13.7. The molecule has 1 aromatic heterocycles. The van der Waals surface area contributed by atoms with Crippen molar-refractivity contribution >= 4 is 33.5 Å². The van der Waals surface area contributed by atoms with Gasteiger partial charge in [0.1, 0.15) is 16.9 Å². The Morgan fingerprint density at radius 2 is 1.91 bits per heavy atom. The molecule has 33 heavy (non-hydrogen) atoms. The van der Waals surface area contributed by atoms with Crippen LogP contribution in [0.2, 0.25) is 0 Å². The van der Waals surface area contributed by atoms with Gasteiger partial charge in [-0.3, -0.25) is 19.3 Å². The third-order valence-electron chi connectivity index (χ3n) is 6.54. The third kappa shape index (κ3) is 3.24. The fourth-order valence-corrected chi connectivity index (χ4v) is 5.59. The molecular weight excluding hydrogens is 488 g/mol. The molecule has 3 atom stereocenters. The zero-order chi connectivity index (χ0) is 23.3. The van der Waals surface area contributed by atoms with E-state index in [4.69, 9.17) is 9.15 Å². The van der Waals surface area contributed by atoms with Gasteiger partial charge in [-0.05, 0) is 30.8 Å². The number of anilines is 1. The number of methoxy groups -OCH3 is 1. The average molecular weight is 509 g/mol. The second-order valence-electron chi connectivity index (χ2n) is 8.36. The summed E-state index contributed by atoms with van der Waals surface area (Å²) in [7, 11) is 3.13. The van der Waals surface area contributed by atoms with Gasteiger partial charge >= 0.3 is 5.97 Å². The van der Waals surface area contributed by atoms with Crippen LogP contribution in [0.5, 0.6) is 0 Å². The highest BCUT2D eigenvalue weighted by atomic mass is 79.9. The molecule has 0 unspecified atom stereocenters. The quantitative estimate of drug-likeness (QED) is 0.542. The number of likely N-dealkylation sites (tertiary alicyclic amines) is 1. The van der Waals surface area contributed by atoms with Gasteiger partial charge in [-0.15, -0.1) is 0 Å². The fourth-order valence-electron chi connectivity index (χ4n) is 5.23. The summed E-state index contributed by atoms with van der Waals surface area (Å²) in [5, 5.41) is 2.93. The Bertz CT molecular complexity index is 1320. The van der Waals surface area contributed by atoms with Crippen LogP contribution in [0, 0.1) is 5.92 Å². The van der Waals surface area contributed by atoms with Crippen LogP contribution in [-0.2, 0) is 19.7 Å². The number of carbonyl (C=O) groups excluding carboxylic acids is 2. The molecule has 168 valence electrons. The van der Waals surface area contributed by atoms with Gasteiger partial charge in [-0.1, -0.05) is 46.3 Å². The number of halogens is 1.